The topological polar surface area (TPSA) is 122 Å². The highest BCUT2D eigenvalue weighted by Crippen LogP contribution is 2.30. The maximum atomic E-state index is 12.9. The van der Waals surface area contributed by atoms with Gasteiger partial charge in [-0.25, -0.2) is 0 Å². The highest BCUT2D eigenvalue weighted by atomic mass is 16.2. The number of hydrogen-bond acceptors (Lipinski definition) is 5. The second-order valence-corrected chi connectivity index (χ2v) is 8.28. The van der Waals surface area contributed by atoms with Crippen molar-refractivity contribution in [3.8, 4) is 0 Å². The number of benzene rings is 1. The number of aryl methyl sites for hydroxylation is 2. The van der Waals surface area contributed by atoms with Crippen molar-refractivity contribution in [2.45, 2.75) is 57.5 Å². The second kappa shape index (κ2) is 9.30. The zero-order valence-electron chi connectivity index (χ0n) is 17.8. The van der Waals surface area contributed by atoms with Gasteiger partial charge in [-0.05, 0) is 60.9 Å². The summed E-state index contributed by atoms with van der Waals surface area (Å²) in [6.07, 6.45) is 6.55. The van der Waals surface area contributed by atoms with Crippen LogP contribution < -0.4 is 11.1 Å². The number of nitrogens with two attached hydrogens (primary N) is 1. The summed E-state index contributed by atoms with van der Waals surface area (Å²) in [5, 5.41) is 2.34. The third kappa shape index (κ3) is 4.39. The van der Waals surface area contributed by atoms with Gasteiger partial charge < -0.3 is 10.6 Å². The van der Waals surface area contributed by atoms with Crippen molar-refractivity contribution in [1.29, 1.82) is 0 Å². The summed E-state index contributed by atoms with van der Waals surface area (Å²) in [5.74, 6) is -1.34. The number of hydrogen-bond donors (Lipinski definition) is 2. The van der Waals surface area contributed by atoms with Crippen LogP contribution in [0.15, 0.2) is 36.5 Å². The predicted octanol–water partition coefficient (Wildman–Crippen LogP) is 1.90. The third-order valence-corrected chi connectivity index (χ3v) is 6.20. The summed E-state index contributed by atoms with van der Waals surface area (Å²) in [7, 11) is 0. The van der Waals surface area contributed by atoms with E-state index in [4.69, 9.17) is 5.73 Å². The van der Waals surface area contributed by atoms with Crippen molar-refractivity contribution >= 4 is 23.6 Å². The molecule has 1 atom stereocenters. The minimum Gasteiger partial charge on any atom is -0.364 e. The van der Waals surface area contributed by atoms with Crippen LogP contribution in [0.4, 0.5) is 0 Å². The van der Waals surface area contributed by atoms with Crippen LogP contribution in [0.2, 0.25) is 0 Å². The molecule has 0 saturated carbocycles. The van der Waals surface area contributed by atoms with Gasteiger partial charge in [0.15, 0.2) is 0 Å². The highest BCUT2D eigenvalue weighted by molar-refractivity contribution is 6.05. The largest absolute Gasteiger partial charge is 0.364 e. The first-order chi connectivity index (χ1) is 15.5. The number of primary amides is 1. The maximum Gasteiger partial charge on any atom is 0.267 e. The van der Waals surface area contributed by atoms with Crippen LogP contribution in [0.3, 0.4) is 0 Å². The average Bonchev–Trinajstić information content (AvgIpc) is 3.11. The van der Waals surface area contributed by atoms with Crippen LogP contribution in [0.5, 0.6) is 0 Å². The fourth-order valence-electron chi connectivity index (χ4n) is 4.55. The summed E-state index contributed by atoms with van der Waals surface area (Å²) in [6.45, 7) is 0.397. The Bertz CT molecular complexity index is 1080. The molecule has 1 aromatic heterocycles. The summed E-state index contributed by atoms with van der Waals surface area (Å²) < 4.78 is 0. The minimum absolute atomic E-state index is 0.146. The Morgan fingerprint density at radius 1 is 1.06 bits per heavy atom. The number of amides is 4. The van der Waals surface area contributed by atoms with E-state index >= 15 is 0 Å². The first-order valence-corrected chi connectivity index (χ1v) is 10.9. The number of nitrogens with one attached hydrogen (secondary N) is 1. The Labute approximate surface area is 186 Å². The van der Waals surface area contributed by atoms with Crippen molar-refractivity contribution in [3.05, 3.63) is 64.5 Å². The molecule has 2 aromatic rings. The molecule has 3 N–H and O–H groups in total. The fourth-order valence-corrected chi connectivity index (χ4v) is 4.55. The molecule has 4 amide bonds. The van der Waals surface area contributed by atoms with E-state index in [1.54, 1.807) is 23.2 Å². The van der Waals surface area contributed by atoms with Crippen LogP contribution in [0.1, 0.15) is 69.6 Å². The van der Waals surface area contributed by atoms with Gasteiger partial charge in [-0.1, -0.05) is 24.6 Å². The van der Waals surface area contributed by atoms with Crippen molar-refractivity contribution in [1.82, 2.24) is 15.2 Å². The van der Waals surface area contributed by atoms with Gasteiger partial charge in [-0.15, -0.1) is 0 Å². The van der Waals surface area contributed by atoms with Crippen molar-refractivity contribution in [2.75, 3.05) is 0 Å². The number of nitrogens with zero attached hydrogens (tertiary/aromatic N) is 2. The quantitative estimate of drug-likeness (QED) is 0.485. The van der Waals surface area contributed by atoms with Crippen LogP contribution in [0.25, 0.3) is 0 Å². The molecule has 2 aliphatic rings. The highest BCUT2D eigenvalue weighted by Gasteiger charge is 2.39. The third-order valence-electron chi connectivity index (χ3n) is 6.20. The molecule has 166 valence electrons. The molecule has 0 radical (unpaired) electrons. The molecule has 1 saturated heterocycles. The molecule has 4 rings (SSSR count). The van der Waals surface area contributed by atoms with E-state index in [2.05, 4.69) is 10.3 Å². The molecule has 8 heteroatoms. The molecule has 32 heavy (non-hydrogen) atoms. The van der Waals surface area contributed by atoms with Crippen LogP contribution in [-0.2, 0) is 29.0 Å². The number of rotatable bonds is 8. The van der Waals surface area contributed by atoms with Gasteiger partial charge in [0.1, 0.15) is 11.7 Å². The molecule has 0 aliphatic carbocycles. The number of imide groups is 1. The van der Waals surface area contributed by atoms with E-state index in [0.717, 1.165) is 48.8 Å². The number of aromatic nitrogens is 1. The monoisotopic (exact) mass is 434 g/mol. The number of fused-ring (bicyclic) bond motifs is 1. The average molecular weight is 434 g/mol. The molecule has 1 aromatic carbocycles. The van der Waals surface area contributed by atoms with Gasteiger partial charge >= 0.3 is 0 Å². The lowest BCUT2D eigenvalue weighted by molar-refractivity contribution is -0.136. The number of pyridine rings is 1. The van der Waals surface area contributed by atoms with Gasteiger partial charge in [-0.3, -0.25) is 29.5 Å². The second-order valence-electron chi connectivity index (χ2n) is 8.28. The Kier molecular flexibility index (Phi) is 6.30. The van der Waals surface area contributed by atoms with Crippen LogP contribution in [0, 0.1) is 0 Å². The van der Waals surface area contributed by atoms with Crippen molar-refractivity contribution < 1.29 is 19.2 Å². The van der Waals surface area contributed by atoms with E-state index in [1.165, 1.54) is 0 Å². The van der Waals surface area contributed by atoms with Gasteiger partial charge in [-0.2, -0.15) is 0 Å². The maximum absolute atomic E-state index is 12.9. The van der Waals surface area contributed by atoms with Crippen LogP contribution in [-0.4, -0.2) is 39.6 Å². The van der Waals surface area contributed by atoms with Gasteiger partial charge in [0.2, 0.25) is 11.8 Å². The number of piperidine rings is 1. The Morgan fingerprint density at radius 2 is 1.81 bits per heavy atom. The Morgan fingerprint density at radius 3 is 2.56 bits per heavy atom. The number of carbonyl (C=O) groups excluding carboxylic acids is 4. The van der Waals surface area contributed by atoms with E-state index < -0.39 is 17.9 Å². The standard InChI is InChI=1S/C24H26N4O4/c25-22(30)21-16(9-5-13-26-21)7-3-1-2-6-15-8-4-10-17-18(15)14-28(24(17)32)19-11-12-20(29)27-23(19)31/h4-5,8-10,13,19H,1-3,6-7,11-12,14H2,(H2,25,30)(H,27,29,31). The zero-order valence-corrected chi connectivity index (χ0v) is 17.8. The molecular weight excluding hydrogens is 408 g/mol. The van der Waals surface area contributed by atoms with Crippen molar-refractivity contribution in [3.63, 3.8) is 0 Å². The van der Waals surface area contributed by atoms with Crippen LogP contribution >= 0.6 is 0 Å². The normalized spacial score (nSPS) is 17.9. The number of carbonyl (C=O) groups is 4. The summed E-state index contributed by atoms with van der Waals surface area (Å²) in [5.41, 5.74) is 9.33. The lowest BCUT2D eigenvalue weighted by atomic mass is 9.97. The van der Waals surface area contributed by atoms with E-state index in [-0.39, 0.29) is 18.2 Å². The van der Waals surface area contributed by atoms with E-state index in [9.17, 15) is 19.2 Å². The Balaban J connectivity index is 1.35. The van der Waals surface area contributed by atoms with E-state index in [0.29, 0.717) is 24.2 Å². The molecule has 1 unspecified atom stereocenters. The molecule has 1 fully saturated rings. The number of unbranched alkanes of at least 4 members (excludes halogenated alkanes) is 2. The molecule has 2 aliphatic heterocycles. The fraction of sp³-hybridized carbons (Fsp3) is 0.375. The summed E-state index contributed by atoms with van der Waals surface area (Å²) in [4.78, 5) is 53.7. The molecule has 3 heterocycles. The van der Waals surface area contributed by atoms with Gasteiger partial charge in [0.05, 0.1) is 0 Å². The SMILES string of the molecule is NC(=O)c1ncccc1CCCCCc1cccc2c1CN(C1CCC(=O)NC1=O)C2=O. The summed E-state index contributed by atoms with van der Waals surface area (Å²) >= 11 is 0. The smallest absolute Gasteiger partial charge is 0.267 e. The first kappa shape index (κ1) is 21.7. The lowest BCUT2D eigenvalue weighted by Gasteiger charge is -2.29. The molecule has 0 spiro atoms. The Hall–Kier alpha value is -3.55. The zero-order chi connectivity index (χ0) is 22.7. The van der Waals surface area contributed by atoms with Gasteiger partial charge in [0.25, 0.3) is 11.8 Å². The summed E-state index contributed by atoms with van der Waals surface area (Å²) in [6, 6.07) is 8.81. The first-order valence-electron chi connectivity index (χ1n) is 10.9. The van der Waals surface area contributed by atoms with Gasteiger partial charge in [0, 0.05) is 24.7 Å². The van der Waals surface area contributed by atoms with E-state index in [1.807, 2.05) is 18.2 Å². The molecule has 0 bridgehead atoms. The predicted molar refractivity (Wildman–Crippen MR) is 117 cm³/mol. The lowest BCUT2D eigenvalue weighted by Crippen LogP contribution is -2.52. The minimum atomic E-state index is -0.598. The molecular formula is C24H26N4O4. The van der Waals surface area contributed by atoms with Crippen molar-refractivity contribution in [2.24, 2.45) is 5.73 Å². The molecule has 8 nitrogen and oxygen atoms in total.